The SMILES string of the molecule is NCC1(C(=O)NCc2ccc(C(F)(F)F)nc2)CCN(C(=O)O)CC1. The largest absolute Gasteiger partial charge is 0.465 e. The molecule has 0 saturated carbocycles. The lowest BCUT2D eigenvalue weighted by Crippen LogP contribution is -2.53. The van der Waals surface area contributed by atoms with Crippen LogP contribution in [-0.4, -0.2) is 46.6 Å². The molecule has 0 spiro atoms. The Balaban J connectivity index is 1.95. The molecule has 138 valence electrons. The van der Waals surface area contributed by atoms with E-state index in [-0.39, 0.29) is 32.1 Å². The molecule has 1 aromatic heterocycles. The van der Waals surface area contributed by atoms with E-state index in [4.69, 9.17) is 10.8 Å². The van der Waals surface area contributed by atoms with Gasteiger partial charge in [-0.2, -0.15) is 13.2 Å². The maximum absolute atomic E-state index is 12.5. The maximum Gasteiger partial charge on any atom is 0.433 e. The third kappa shape index (κ3) is 4.38. The molecule has 2 heterocycles. The summed E-state index contributed by atoms with van der Waals surface area (Å²) in [6, 6.07) is 2.10. The highest BCUT2D eigenvalue weighted by Crippen LogP contribution is 2.31. The lowest BCUT2D eigenvalue weighted by Gasteiger charge is -2.38. The molecule has 25 heavy (non-hydrogen) atoms. The first-order valence-corrected chi connectivity index (χ1v) is 7.66. The summed E-state index contributed by atoms with van der Waals surface area (Å²) in [6.45, 7) is 0.509. The number of likely N-dealkylation sites (tertiary alicyclic amines) is 1. The number of amides is 2. The number of carbonyl (C=O) groups is 2. The zero-order valence-electron chi connectivity index (χ0n) is 13.3. The molecule has 1 aliphatic rings. The number of rotatable bonds is 4. The second kappa shape index (κ2) is 7.26. The van der Waals surface area contributed by atoms with Gasteiger partial charge in [0.1, 0.15) is 5.69 Å². The number of aromatic nitrogens is 1. The van der Waals surface area contributed by atoms with Gasteiger partial charge < -0.3 is 21.1 Å². The summed E-state index contributed by atoms with van der Waals surface area (Å²) in [6.07, 6.45) is -3.89. The summed E-state index contributed by atoms with van der Waals surface area (Å²) in [4.78, 5) is 28.0. The van der Waals surface area contributed by atoms with Gasteiger partial charge in [0, 0.05) is 32.4 Å². The van der Waals surface area contributed by atoms with Crippen molar-refractivity contribution in [2.45, 2.75) is 25.6 Å². The van der Waals surface area contributed by atoms with Crippen molar-refractivity contribution in [2.24, 2.45) is 11.1 Å². The van der Waals surface area contributed by atoms with E-state index >= 15 is 0 Å². The minimum atomic E-state index is -4.51. The van der Waals surface area contributed by atoms with Crippen molar-refractivity contribution in [3.8, 4) is 0 Å². The lowest BCUT2D eigenvalue weighted by atomic mass is 9.77. The minimum absolute atomic E-state index is 0.0222. The van der Waals surface area contributed by atoms with Gasteiger partial charge in [0.15, 0.2) is 0 Å². The van der Waals surface area contributed by atoms with Crippen molar-refractivity contribution in [1.82, 2.24) is 15.2 Å². The summed E-state index contributed by atoms with van der Waals surface area (Å²) in [5.74, 6) is -0.333. The van der Waals surface area contributed by atoms with Crippen molar-refractivity contribution in [3.63, 3.8) is 0 Å². The number of halogens is 3. The second-order valence-corrected chi connectivity index (χ2v) is 5.99. The third-order valence-electron chi connectivity index (χ3n) is 4.43. The zero-order valence-corrected chi connectivity index (χ0v) is 13.3. The number of carbonyl (C=O) groups excluding carboxylic acids is 1. The number of carboxylic acid groups (broad SMARTS) is 1. The van der Waals surface area contributed by atoms with Crippen LogP contribution >= 0.6 is 0 Å². The summed E-state index contributed by atoms with van der Waals surface area (Å²) in [5, 5.41) is 11.6. The van der Waals surface area contributed by atoms with Crippen LogP contribution in [0.1, 0.15) is 24.1 Å². The van der Waals surface area contributed by atoms with Crippen molar-refractivity contribution in [2.75, 3.05) is 19.6 Å². The first-order valence-electron chi connectivity index (χ1n) is 7.66. The average molecular weight is 360 g/mol. The molecule has 0 unspecified atom stereocenters. The predicted molar refractivity (Wildman–Crippen MR) is 81.4 cm³/mol. The van der Waals surface area contributed by atoms with Gasteiger partial charge in [-0.05, 0) is 24.5 Å². The third-order valence-corrected chi connectivity index (χ3v) is 4.43. The van der Waals surface area contributed by atoms with Crippen LogP contribution in [0, 0.1) is 5.41 Å². The first kappa shape index (κ1) is 19.0. The fourth-order valence-electron chi connectivity index (χ4n) is 2.72. The molecule has 10 heteroatoms. The van der Waals surface area contributed by atoms with E-state index in [0.29, 0.717) is 18.4 Å². The van der Waals surface area contributed by atoms with Crippen LogP contribution in [0.3, 0.4) is 0 Å². The van der Waals surface area contributed by atoms with E-state index in [0.717, 1.165) is 12.3 Å². The molecule has 2 amide bonds. The monoisotopic (exact) mass is 360 g/mol. The summed E-state index contributed by atoms with van der Waals surface area (Å²) < 4.78 is 37.4. The smallest absolute Gasteiger partial charge is 0.433 e. The maximum atomic E-state index is 12.5. The Kier molecular flexibility index (Phi) is 5.51. The van der Waals surface area contributed by atoms with Crippen molar-refractivity contribution < 1.29 is 27.9 Å². The summed E-state index contributed by atoms with van der Waals surface area (Å²) in [5.41, 5.74) is 4.29. The van der Waals surface area contributed by atoms with Gasteiger partial charge in [0.05, 0.1) is 5.41 Å². The van der Waals surface area contributed by atoms with Crippen LogP contribution in [-0.2, 0) is 17.5 Å². The molecular weight excluding hydrogens is 341 g/mol. The molecule has 7 nitrogen and oxygen atoms in total. The Bertz CT molecular complexity index is 626. The lowest BCUT2D eigenvalue weighted by molar-refractivity contribution is -0.141. The van der Waals surface area contributed by atoms with Crippen molar-refractivity contribution >= 4 is 12.0 Å². The zero-order chi connectivity index (χ0) is 18.7. The average Bonchev–Trinajstić information content (AvgIpc) is 2.59. The summed E-state index contributed by atoms with van der Waals surface area (Å²) >= 11 is 0. The van der Waals surface area contributed by atoms with Gasteiger partial charge in [0.2, 0.25) is 5.91 Å². The van der Waals surface area contributed by atoms with E-state index in [9.17, 15) is 22.8 Å². The molecule has 1 aromatic rings. The summed E-state index contributed by atoms with van der Waals surface area (Å²) in [7, 11) is 0. The van der Waals surface area contributed by atoms with Crippen LogP contribution in [0.2, 0.25) is 0 Å². The number of piperidine rings is 1. The Hall–Kier alpha value is -2.36. The number of hydrogen-bond donors (Lipinski definition) is 3. The molecule has 4 N–H and O–H groups in total. The fourth-order valence-corrected chi connectivity index (χ4v) is 2.72. The van der Waals surface area contributed by atoms with Crippen LogP contribution in [0.15, 0.2) is 18.3 Å². The molecule has 2 rings (SSSR count). The highest BCUT2D eigenvalue weighted by atomic mass is 19.4. The fraction of sp³-hybridized carbons (Fsp3) is 0.533. The molecular formula is C15H19F3N4O3. The van der Waals surface area contributed by atoms with E-state index in [1.54, 1.807) is 0 Å². The van der Waals surface area contributed by atoms with Gasteiger partial charge in [0.25, 0.3) is 0 Å². The highest BCUT2D eigenvalue weighted by molar-refractivity contribution is 5.83. The number of hydrogen-bond acceptors (Lipinski definition) is 4. The van der Waals surface area contributed by atoms with Gasteiger partial charge in [-0.15, -0.1) is 0 Å². The van der Waals surface area contributed by atoms with E-state index < -0.39 is 23.4 Å². The Morgan fingerprint density at radius 2 is 1.96 bits per heavy atom. The molecule has 1 fully saturated rings. The van der Waals surface area contributed by atoms with Crippen molar-refractivity contribution in [1.29, 1.82) is 0 Å². The molecule has 0 aromatic carbocycles. The van der Waals surface area contributed by atoms with E-state index in [1.807, 2.05) is 0 Å². The molecule has 1 saturated heterocycles. The van der Waals surface area contributed by atoms with Crippen molar-refractivity contribution in [3.05, 3.63) is 29.6 Å². The molecule has 0 atom stereocenters. The standard InChI is InChI=1S/C15H19F3N4O3/c16-15(17,18)11-2-1-10(7-20-11)8-21-12(23)14(9-19)3-5-22(6-4-14)13(24)25/h1-2,7H,3-6,8-9,19H2,(H,21,23)(H,24,25). The van der Waals surface area contributed by atoms with E-state index in [2.05, 4.69) is 10.3 Å². The number of nitrogens with two attached hydrogens (primary N) is 1. The minimum Gasteiger partial charge on any atom is -0.465 e. The number of pyridine rings is 1. The molecule has 0 radical (unpaired) electrons. The Morgan fingerprint density at radius 3 is 2.40 bits per heavy atom. The van der Waals surface area contributed by atoms with E-state index in [1.165, 1.54) is 11.0 Å². The van der Waals surface area contributed by atoms with Crippen LogP contribution in [0.5, 0.6) is 0 Å². The second-order valence-electron chi connectivity index (χ2n) is 5.99. The molecule has 0 aliphatic carbocycles. The van der Waals surface area contributed by atoms with Crippen LogP contribution in [0.4, 0.5) is 18.0 Å². The normalized spacial score (nSPS) is 17.2. The molecule has 0 bridgehead atoms. The van der Waals surface area contributed by atoms with Gasteiger partial charge >= 0.3 is 12.3 Å². The number of nitrogens with zero attached hydrogens (tertiary/aromatic N) is 2. The van der Waals surface area contributed by atoms with Crippen LogP contribution in [0.25, 0.3) is 0 Å². The van der Waals surface area contributed by atoms with Crippen LogP contribution < -0.4 is 11.1 Å². The first-order chi connectivity index (χ1) is 11.7. The number of alkyl halides is 3. The quantitative estimate of drug-likeness (QED) is 0.753. The molecule has 1 aliphatic heterocycles. The highest BCUT2D eigenvalue weighted by Gasteiger charge is 2.41. The topological polar surface area (TPSA) is 109 Å². The van der Waals surface area contributed by atoms with Gasteiger partial charge in [-0.1, -0.05) is 6.07 Å². The predicted octanol–water partition coefficient (Wildman–Crippen LogP) is 1.44. The Labute approximate surface area is 142 Å². The Morgan fingerprint density at radius 1 is 1.32 bits per heavy atom. The van der Waals surface area contributed by atoms with Gasteiger partial charge in [-0.3, -0.25) is 9.78 Å². The number of nitrogens with one attached hydrogen (secondary N) is 1. The van der Waals surface area contributed by atoms with Gasteiger partial charge in [-0.25, -0.2) is 4.79 Å².